The summed E-state index contributed by atoms with van der Waals surface area (Å²) >= 11 is 0. The number of nitrogens with zero attached hydrogens (tertiary/aromatic N) is 1. The summed E-state index contributed by atoms with van der Waals surface area (Å²) in [5.74, 6) is -0.515. The largest absolute Gasteiger partial charge is 0.450 e. The molecule has 1 aromatic carbocycles. The molecule has 0 aliphatic carbocycles. The number of anilines is 1. The third-order valence-electron chi connectivity index (χ3n) is 3.70. The molecule has 1 aliphatic heterocycles. The Bertz CT molecular complexity index is 528. The van der Waals surface area contributed by atoms with Crippen LogP contribution in [-0.2, 0) is 9.53 Å². The van der Waals surface area contributed by atoms with Crippen molar-refractivity contribution in [2.75, 3.05) is 31.6 Å². The summed E-state index contributed by atoms with van der Waals surface area (Å²) in [6, 6.07) is 5.83. The van der Waals surface area contributed by atoms with Crippen LogP contribution in [-0.4, -0.2) is 49.2 Å². The molecule has 0 spiro atoms. The predicted molar refractivity (Wildman–Crippen MR) is 84.6 cm³/mol. The predicted octanol–water partition coefficient (Wildman–Crippen LogP) is 1.97. The van der Waals surface area contributed by atoms with E-state index in [4.69, 9.17) is 4.74 Å². The molecule has 7 heteroatoms. The molecule has 0 aromatic heterocycles. The summed E-state index contributed by atoms with van der Waals surface area (Å²) in [4.78, 5) is 25.1. The highest BCUT2D eigenvalue weighted by Crippen LogP contribution is 2.12. The average molecular weight is 323 g/mol. The Morgan fingerprint density at radius 3 is 2.52 bits per heavy atom. The zero-order valence-corrected chi connectivity index (χ0v) is 13.2. The average Bonchev–Trinajstić information content (AvgIpc) is 2.56. The topological polar surface area (TPSA) is 70.7 Å². The Morgan fingerprint density at radius 2 is 1.91 bits per heavy atom. The fourth-order valence-electron chi connectivity index (χ4n) is 2.46. The molecular weight excluding hydrogens is 301 g/mol. The van der Waals surface area contributed by atoms with Crippen LogP contribution in [0.5, 0.6) is 0 Å². The molecule has 1 saturated heterocycles. The van der Waals surface area contributed by atoms with E-state index in [2.05, 4.69) is 10.6 Å². The number of carbonyl (C=O) groups is 2. The Hall–Kier alpha value is -2.15. The monoisotopic (exact) mass is 323 g/mol. The lowest BCUT2D eigenvalue weighted by Crippen LogP contribution is -2.46. The van der Waals surface area contributed by atoms with Crippen molar-refractivity contribution in [3.05, 3.63) is 30.1 Å². The highest BCUT2D eigenvalue weighted by atomic mass is 19.1. The van der Waals surface area contributed by atoms with Crippen molar-refractivity contribution in [1.82, 2.24) is 10.2 Å². The molecule has 0 bridgehead atoms. The second kappa shape index (κ2) is 8.47. The van der Waals surface area contributed by atoms with Crippen LogP contribution in [0.2, 0.25) is 0 Å². The summed E-state index contributed by atoms with van der Waals surface area (Å²) in [5.41, 5.74) is 0.565. The zero-order chi connectivity index (χ0) is 16.7. The fourth-order valence-corrected chi connectivity index (χ4v) is 2.46. The van der Waals surface area contributed by atoms with Crippen LogP contribution < -0.4 is 10.6 Å². The van der Waals surface area contributed by atoms with Gasteiger partial charge in [0.2, 0.25) is 5.91 Å². The van der Waals surface area contributed by atoms with Crippen molar-refractivity contribution in [3.63, 3.8) is 0 Å². The van der Waals surface area contributed by atoms with E-state index in [-0.39, 0.29) is 30.4 Å². The van der Waals surface area contributed by atoms with Crippen LogP contribution >= 0.6 is 0 Å². The maximum absolute atomic E-state index is 12.8. The van der Waals surface area contributed by atoms with Gasteiger partial charge in [-0.05, 0) is 44.0 Å². The van der Waals surface area contributed by atoms with Crippen LogP contribution in [0.1, 0.15) is 19.8 Å². The SMILES string of the molecule is CCOC(=O)N1CCC(NCC(=O)Nc2ccc(F)cc2)CC1. The lowest BCUT2D eigenvalue weighted by Gasteiger charge is -2.31. The Balaban J connectivity index is 1.67. The van der Waals surface area contributed by atoms with Crippen LogP contribution in [0.25, 0.3) is 0 Å². The minimum absolute atomic E-state index is 0.176. The molecule has 1 heterocycles. The Kier molecular flexibility index (Phi) is 6.34. The molecule has 0 atom stereocenters. The molecular formula is C16H22FN3O3. The van der Waals surface area contributed by atoms with Crippen molar-refractivity contribution in [2.45, 2.75) is 25.8 Å². The molecule has 1 fully saturated rings. The number of likely N-dealkylation sites (tertiary alicyclic amines) is 1. The standard InChI is InChI=1S/C16H22FN3O3/c1-2-23-16(22)20-9-7-13(8-10-20)18-11-15(21)19-14-5-3-12(17)4-6-14/h3-6,13,18H,2,7-11H2,1H3,(H,19,21). The van der Waals surface area contributed by atoms with E-state index >= 15 is 0 Å². The van der Waals surface area contributed by atoms with Gasteiger partial charge >= 0.3 is 6.09 Å². The van der Waals surface area contributed by atoms with E-state index in [1.54, 1.807) is 11.8 Å². The third kappa shape index (κ3) is 5.52. The lowest BCUT2D eigenvalue weighted by atomic mass is 10.1. The molecule has 2 rings (SSSR count). The van der Waals surface area contributed by atoms with Crippen molar-refractivity contribution in [2.24, 2.45) is 0 Å². The van der Waals surface area contributed by atoms with Gasteiger partial charge in [0.15, 0.2) is 0 Å². The molecule has 6 nitrogen and oxygen atoms in total. The number of rotatable bonds is 5. The van der Waals surface area contributed by atoms with E-state index in [9.17, 15) is 14.0 Å². The number of nitrogens with one attached hydrogen (secondary N) is 2. The van der Waals surface area contributed by atoms with E-state index < -0.39 is 0 Å². The van der Waals surface area contributed by atoms with Crippen LogP contribution in [0.3, 0.4) is 0 Å². The summed E-state index contributed by atoms with van der Waals surface area (Å²) in [7, 11) is 0. The molecule has 1 aromatic rings. The van der Waals surface area contributed by atoms with Gasteiger partial charge in [0.05, 0.1) is 13.2 Å². The minimum atomic E-state index is -0.338. The third-order valence-corrected chi connectivity index (χ3v) is 3.70. The quantitative estimate of drug-likeness (QED) is 0.869. The van der Waals surface area contributed by atoms with Gasteiger partial charge in [-0.15, -0.1) is 0 Å². The Labute approximate surface area is 135 Å². The maximum atomic E-state index is 12.8. The molecule has 126 valence electrons. The molecule has 1 aliphatic rings. The highest BCUT2D eigenvalue weighted by molar-refractivity contribution is 5.92. The minimum Gasteiger partial charge on any atom is -0.450 e. The van der Waals surface area contributed by atoms with E-state index in [1.165, 1.54) is 24.3 Å². The van der Waals surface area contributed by atoms with Crippen molar-refractivity contribution >= 4 is 17.7 Å². The fraction of sp³-hybridized carbons (Fsp3) is 0.500. The summed E-state index contributed by atoms with van der Waals surface area (Å²) < 4.78 is 17.8. The summed E-state index contributed by atoms with van der Waals surface area (Å²) in [6.07, 6.45) is 1.28. The second-order valence-corrected chi connectivity index (χ2v) is 5.40. The van der Waals surface area contributed by atoms with Gasteiger partial charge in [0, 0.05) is 24.8 Å². The molecule has 23 heavy (non-hydrogen) atoms. The first kappa shape index (κ1) is 17.2. The first-order valence-corrected chi connectivity index (χ1v) is 7.79. The number of piperidine rings is 1. The lowest BCUT2D eigenvalue weighted by molar-refractivity contribution is -0.115. The van der Waals surface area contributed by atoms with E-state index in [0.29, 0.717) is 25.4 Å². The van der Waals surface area contributed by atoms with Crippen LogP contribution in [0, 0.1) is 5.82 Å². The smallest absolute Gasteiger partial charge is 0.409 e. The number of ether oxygens (including phenoxy) is 1. The molecule has 0 unspecified atom stereocenters. The van der Waals surface area contributed by atoms with Gasteiger partial charge in [-0.2, -0.15) is 0 Å². The van der Waals surface area contributed by atoms with Crippen LogP contribution in [0.4, 0.5) is 14.9 Å². The Morgan fingerprint density at radius 1 is 1.26 bits per heavy atom. The summed E-state index contributed by atoms with van der Waals surface area (Å²) in [6.45, 7) is 3.58. The molecule has 2 N–H and O–H groups in total. The number of hydrogen-bond donors (Lipinski definition) is 2. The van der Waals surface area contributed by atoms with Crippen molar-refractivity contribution in [1.29, 1.82) is 0 Å². The van der Waals surface area contributed by atoms with Gasteiger partial charge < -0.3 is 20.3 Å². The number of hydrogen-bond acceptors (Lipinski definition) is 4. The first-order chi connectivity index (χ1) is 11.1. The zero-order valence-electron chi connectivity index (χ0n) is 13.2. The number of carbonyl (C=O) groups excluding carboxylic acids is 2. The molecule has 2 amide bonds. The molecule has 0 saturated carbocycles. The van der Waals surface area contributed by atoms with Crippen LogP contribution in [0.15, 0.2) is 24.3 Å². The number of halogens is 1. The van der Waals surface area contributed by atoms with Gasteiger partial charge in [-0.1, -0.05) is 0 Å². The van der Waals surface area contributed by atoms with Gasteiger partial charge in [-0.25, -0.2) is 9.18 Å². The highest BCUT2D eigenvalue weighted by Gasteiger charge is 2.23. The second-order valence-electron chi connectivity index (χ2n) is 5.40. The van der Waals surface area contributed by atoms with Gasteiger partial charge in [0.1, 0.15) is 5.82 Å². The molecule has 0 radical (unpaired) electrons. The number of benzene rings is 1. The maximum Gasteiger partial charge on any atom is 0.409 e. The van der Waals surface area contributed by atoms with Crippen molar-refractivity contribution in [3.8, 4) is 0 Å². The van der Waals surface area contributed by atoms with Crippen molar-refractivity contribution < 1.29 is 18.7 Å². The van der Waals surface area contributed by atoms with Gasteiger partial charge in [-0.3, -0.25) is 4.79 Å². The van der Waals surface area contributed by atoms with E-state index in [1.807, 2.05) is 0 Å². The number of amides is 2. The normalized spacial score (nSPS) is 15.3. The van der Waals surface area contributed by atoms with Gasteiger partial charge in [0.25, 0.3) is 0 Å². The first-order valence-electron chi connectivity index (χ1n) is 7.79. The summed E-state index contributed by atoms with van der Waals surface area (Å²) in [5, 5.41) is 5.88. The van der Waals surface area contributed by atoms with E-state index in [0.717, 1.165) is 12.8 Å².